The molecule has 0 aromatic heterocycles. The fourth-order valence-electron chi connectivity index (χ4n) is 2.46. The maximum absolute atomic E-state index is 6.53. The second-order valence-electron chi connectivity index (χ2n) is 8.50. The van der Waals surface area contributed by atoms with Crippen molar-refractivity contribution in [3.8, 4) is 0 Å². The second kappa shape index (κ2) is 6.66. The van der Waals surface area contributed by atoms with Crippen LogP contribution in [-0.2, 0) is 10.8 Å². The molecule has 0 fully saturated rings. The number of hydrogen-bond donors (Lipinski definition) is 0. The van der Waals surface area contributed by atoms with Gasteiger partial charge in [0.15, 0.2) is 8.32 Å². The normalized spacial score (nSPS) is 13.8. The molecule has 0 unspecified atom stereocenters. The summed E-state index contributed by atoms with van der Waals surface area (Å²) in [6, 6.07) is 10.7. The average Bonchev–Trinajstić information content (AvgIpc) is 2.37. The summed E-state index contributed by atoms with van der Waals surface area (Å²) >= 11 is 0. The Morgan fingerprint density at radius 2 is 1.52 bits per heavy atom. The first kappa shape index (κ1) is 18.4. The summed E-state index contributed by atoms with van der Waals surface area (Å²) in [5.41, 5.74) is 1.58. The van der Waals surface area contributed by atoms with E-state index in [0.29, 0.717) is 5.92 Å². The highest BCUT2D eigenvalue weighted by Gasteiger charge is 2.43. The van der Waals surface area contributed by atoms with Crippen molar-refractivity contribution < 1.29 is 4.43 Å². The van der Waals surface area contributed by atoms with Crippen LogP contribution in [0.4, 0.5) is 0 Å². The summed E-state index contributed by atoms with van der Waals surface area (Å²) in [6.07, 6.45) is 1.07. The predicted octanol–water partition coefficient (Wildman–Crippen LogP) is 5.91. The Balaban J connectivity index is 2.68. The molecule has 0 atom stereocenters. The van der Waals surface area contributed by atoms with Gasteiger partial charge in [0.05, 0.1) is 0 Å². The standard InChI is InChI=1S/C19H34OSi/c1-16(2)19(5,6)21(7,8)20-15-18(3,4)14-17-12-10-9-11-13-17/h9-13,16H,14-15H2,1-8H3. The van der Waals surface area contributed by atoms with Crippen molar-refractivity contribution in [3.05, 3.63) is 35.9 Å². The van der Waals surface area contributed by atoms with Crippen molar-refractivity contribution in [2.45, 2.75) is 66.1 Å². The van der Waals surface area contributed by atoms with Crippen LogP contribution < -0.4 is 0 Å². The topological polar surface area (TPSA) is 9.23 Å². The Morgan fingerprint density at radius 1 is 1.00 bits per heavy atom. The van der Waals surface area contributed by atoms with Gasteiger partial charge in [-0.05, 0) is 41.4 Å². The van der Waals surface area contributed by atoms with Crippen LogP contribution in [0.15, 0.2) is 30.3 Å². The minimum absolute atomic E-state index is 0.179. The zero-order valence-corrected chi connectivity index (χ0v) is 16.3. The van der Waals surface area contributed by atoms with Gasteiger partial charge in [0.2, 0.25) is 0 Å². The van der Waals surface area contributed by atoms with Gasteiger partial charge >= 0.3 is 0 Å². The van der Waals surface area contributed by atoms with E-state index in [1.54, 1.807) is 0 Å². The zero-order chi connectivity index (χ0) is 16.3. The number of rotatable bonds is 7. The molecule has 1 rings (SSSR count). The summed E-state index contributed by atoms with van der Waals surface area (Å²) < 4.78 is 6.53. The van der Waals surface area contributed by atoms with E-state index in [4.69, 9.17) is 4.43 Å². The summed E-state index contributed by atoms with van der Waals surface area (Å²) in [5.74, 6) is 0.649. The highest BCUT2D eigenvalue weighted by atomic mass is 28.4. The van der Waals surface area contributed by atoms with Gasteiger partial charge in [0.1, 0.15) is 0 Å². The SMILES string of the molecule is CC(C)C(C)(C)[Si](C)(C)OCC(C)(C)Cc1ccccc1. The lowest BCUT2D eigenvalue weighted by atomic mass is 9.87. The Hall–Kier alpha value is -0.603. The van der Waals surface area contributed by atoms with Crippen molar-refractivity contribution in [3.63, 3.8) is 0 Å². The van der Waals surface area contributed by atoms with Crippen LogP contribution in [0.2, 0.25) is 18.1 Å². The lowest BCUT2D eigenvalue weighted by molar-refractivity contribution is 0.158. The van der Waals surface area contributed by atoms with Gasteiger partial charge in [-0.1, -0.05) is 71.9 Å². The van der Waals surface area contributed by atoms with Crippen LogP contribution in [-0.4, -0.2) is 14.9 Å². The molecule has 0 aliphatic carbocycles. The largest absolute Gasteiger partial charge is 0.416 e. The highest BCUT2D eigenvalue weighted by Crippen LogP contribution is 2.45. The first-order chi connectivity index (χ1) is 9.48. The van der Waals surface area contributed by atoms with Gasteiger partial charge in [-0.2, -0.15) is 0 Å². The number of hydrogen-bond acceptors (Lipinski definition) is 1. The zero-order valence-electron chi connectivity index (χ0n) is 15.3. The van der Waals surface area contributed by atoms with Crippen molar-refractivity contribution in [2.24, 2.45) is 11.3 Å². The Kier molecular flexibility index (Phi) is 5.85. The Bertz CT molecular complexity index is 432. The first-order valence-corrected chi connectivity index (χ1v) is 11.1. The lowest BCUT2D eigenvalue weighted by Crippen LogP contribution is -2.47. The molecular formula is C19H34OSi. The van der Waals surface area contributed by atoms with Gasteiger partial charge in [0.25, 0.3) is 0 Å². The monoisotopic (exact) mass is 306 g/mol. The van der Waals surface area contributed by atoms with Crippen LogP contribution in [0, 0.1) is 11.3 Å². The fraction of sp³-hybridized carbons (Fsp3) is 0.684. The molecule has 21 heavy (non-hydrogen) atoms. The number of benzene rings is 1. The molecule has 2 heteroatoms. The molecule has 0 saturated heterocycles. The molecule has 1 aromatic rings. The van der Waals surface area contributed by atoms with Crippen molar-refractivity contribution >= 4 is 8.32 Å². The van der Waals surface area contributed by atoms with E-state index >= 15 is 0 Å². The maximum Gasteiger partial charge on any atom is 0.192 e. The van der Waals surface area contributed by atoms with E-state index in [2.05, 4.69) is 85.0 Å². The third-order valence-corrected chi connectivity index (χ3v) is 9.89. The molecule has 0 bridgehead atoms. The van der Waals surface area contributed by atoms with Crippen molar-refractivity contribution in [1.29, 1.82) is 0 Å². The third-order valence-electron chi connectivity index (χ3n) is 5.34. The van der Waals surface area contributed by atoms with Crippen LogP contribution in [0.25, 0.3) is 0 Å². The first-order valence-electron chi connectivity index (χ1n) is 8.16. The lowest BCUT2D eigenvalue weighted by Gasteiger charge is -2.44. The van der Waals surface area contributed by atoms with Gasteiger partial charge in [-0.25, -0.2) is 0 Å². The van der Waals surface area contributed by atoms with Crippen LogP contribution in [0.5, 0.6) is 0 Å². The summed E-state index contributed by atoms with van der Waals surface area (Å²) in [4.78, 5) is 0. The summed E-state index contributed by atoms with van der Waals surface area (Å²) in [7, 11) is -1.72. The Labute approximate surface area is 133 Å². The summed E-state index contributed by atoms with van der Waals surface area (Å²) in [5, 5.41) is 0.288. The van der Waals surface area contributed by atoms with Gasteiger partial charge in [-0.3, -0.25) is 0 Å². The maximum atomic E-state index is 6.53. The highest BCUT2D eigenvalue weighted by molar-refractivity contribution is 6.74. The van der Waals surface area contributed by atoms with E-state index in [-0.39, 0.29) is 10.5 Å². The molecule has 120 valence electrons. The molecule has 0 aliphatic rings. The molecule has 0 aliphatic heterocycles. The van der Waals surface area contributed by atoms with Crippen LogP contribution >= 0.6 is 0 Å². The van der Waals surface area contributed by atoms with Crippen molar-refractivity contribution in [1.82, 2.24) is 0 Å². The minimum atomic E-state index is -1.72. The molecule has 0 amide bonds. The van der Waals surface area contributed by atoms with E-state index in [0.717, 1.165) is 13.0 Å². The molecule has 0 heterocycles. The van der Waals surface area contributed by atoms with Crippen LogP contribution in [0.1, 0.15) is 47.1 Å². The molecule has 0 saturated carbocycles. The minimum Gasteiger partial charge on any atom is -0.416 e. The van der Waals surface area contributed by atoms with Gasteiger partial charge in [0, 0.05) is 6.61 Å². The Morgan fingerprint density at radius 3 is 2.00 bits per heavy atom. The average molecular weight is 307 g/mol. The fourth-order valence-corrected chi connectivity index (χ4v) is 4.97. The molecule has 0 spiro atoms. The van der Waals surface area contributed by atoms with E-state index in [9.17, 15) is 0 Å². The second-order valence-corrected chi connectivity index (χ2v) is 13.1. The van der Waals surface area contributed by atoms with E-state index < -0.39 is 8.32 Å². The summed E-state index contributed by atoms with van der Waals surface area (Å²) in [6.45, 7) is 19.6. The van der Waals surface area contributed by atoms with E-state index in [1.165, 1.54) is 5.56 Å². The molecule has 1 nitrogen and oxygen atoms in total. The predicted molar refractivity (Wildman–Crippen MR) is 96.2 cm³/mol. The van der Waals surface area contributed by atoms with Crippen LogP contribution in [0.3, 0.4) is 0 Å². The van der Waals surface area contributed by atoms with Crippen molar-refractivity contribution in [2.75, 3.05) is 6.61 Å². The van der Waals surface area contributed by atoms with E-state index in [1.807, 2.05) is 0 Å². The van der Waals surface area contributed by atoms with Gasteiger partial charge < -0.3 is 4.43 Å². The molecular weight excluding hydrogens is 272 g/mol. The molecule has 0 N–H and O–H groups in total. The quantitative estimate of drug-likeness (QED) is 0.569. The van der Waals surface area contributed by atoms with Gasteiger partial charge in [-0.15, -0.1) is 0 Å². The smallest absolute Gasteiger partial charge is 0.192 e. The molecule has 1 aromatic carbocycles. The molecule has 0 radical (unpaired) electrons. The third kappa shape index (κ3) is 4.96.